The molecule has 152 valence electrons. The van der Waals surface area contributed by atoms with Crippen LogP contribution in [0.2, 0.25) is 0 Å². The van der Waals surface area contributed by atoms with Crippen molar-refractivity contribution in [1.82, 2.24) is 19.7 Å². The van der Waals surface area contributed by atoms with Gasteiger partial charge in [0.05, 0.1) is 16.5 Å². The zero-order valence-electron chi connectivity index (χ0n) is 17.1. The van der Waals surface area contributed by atoms with Crippen molar-refractivity contribution in [3.63, 3.8) is 0 Å². The molecular weight excluding hydrogens is 376 g/mol. The van der Waals surface area contributed by atoms with Crippen molar-refractivity contribution in [1.29, 1.82) is 0 Å². The highest BCUT2D eigenvalue weighted by Gasteiger charge is 2.11. The number of carbonyl (C=O) groups is 1. The van der Waals surface area contributed by atoms with Gasteiger partial charge in [-0.05, 0) is 60.2 Å². The van der Waals surface area contributed by atoms with Crippen LogP contribution < -0.4 is 10.9 Å². The molecule has 30 heavy (non-hydrogen) atoms. The lowest BCUT2D eigenvalue weighted by Gasteiger charge is -2.09. The van der Waals surface area contributed by atoms with Gasteiger partial charge in [0.1, 0.15) is 5.65 Å². The number of amides is 1. The minimum absolute atomic E-state index is 0.163. The minimum atomic E-state index is -0.203. The predicted molar refractivity (Wildman–Crippen MR) is 118 cm³/mol. The fraction of sp³-hybridized carbons (Fsp3) is 0.250. The SMILES string of the molecule is CC(C)c1ccc2nc3ccc(C(=O)NCCCc4cccnc4)cn3c(=O)c2c1. The van der Waals surface area contributed by atoms with E-state index in [2.05, 4.69) is 29.1 Å². The third kappa shape index (κ3) is 4.08. The molecule has 0 fully saturated rings. The lowest BCUT2D eigenvalue weighted by Crippen LogP contribution is -2.26. The topological polar surface area (TPSA) is 76.4 Å². The average Bonchev–Trinajstić information content (AvgIpc) is 2.77. The van der Waals surface area contributed by atoms with E-state index in [0.717, 1.165) is 24.0 Å². The van der Waals surface area contributed by atoms with Crippen LogP contribution in [0.5, 0.6) is 0 Å². The first kappa shape index (κ1) is 19.8. The summed E-state index contributed by atoms with van der Waals surface area (Å²) in [5.41, 5.74) is 3.69. The van der Waals surface area contributed by atoms with Crippen LogP contribution in [0, 0.1) is 0 Å². The molecule has 0 saturated carbocycles. The van der Waals surface area contributed by atoms with Crippen LogP contribution in [0.4, 0.5) is 0 Å². The first-order valence-electron chi connectivity index (χ1n) is 10.2. The molecule has 4 aromatic rings. The molecule has 6 nitrogen and oxygen atoms in total. The van der Waals surface area contributed by atoms with Crippen molar-refractivity contribution in [2.45, 2.75) is 32.6 Å². The number of aromatic nitrogens is 3. The van der Waals surface area contributed by atoms with Crippen LogP contribution in [-0.4, -0.2) is 26.8 Å². The summed E-state index contributed by atoms with van der Waals surface area (Å²) in [6.45, 7) is 4.72. The maximum Gasteiger partial charge on any atom is 0.265 e. The summed E-state index contributed by atoms with van der Waals surface area (Å²) in [5.74, 6) is 0.115. The van der Waals surface area contributed by atoms with Crippen molar-refractivity contribution in [3.8, 4) is 0 Å². The Bertz CT molecular complexity index is 1260. The Labute approximate surface area is 174 Å². The number of nitrogens with zero attached hydrogens (tertiary/aromatic N) is 3. The maximum atomic E-state index is 13.0. The number of fused-ring (bicyclic) bond motifs is 2. The van der Waals surface area contributed by atoms with E-state index in [9.17, 15) is 9.59 Å². The van der Waals surface area contributed by atoms with E-state index in [1.54, 1.807) is 24.5 Å². The number of hydrogen-bond acceptors (Lipinski definition) is 4. The van der Waals surface area contributed by atoms with E-state index in [1.165, 1.54) is 4.40 Å². The fourth-order valence-corrected chi connectivity index (χ4v) is 3.46. The van der Waals surface area contributed by atoms with E-state index in [0.29, 0.717) is 34.6 Å². The molecule has 3 aromatic heterocycles. The lowest BCUT2D eigenvalue weighted by molar-refractivity contribution is 0.0952. The fourth-order valence-electron chi connectivity index (χ4n) is 3.46. The van der Waals surface area contributed by atoms with Crippen LogP contribution in [0.3, 0.4) is 0 Å². The van der Waals surface area contributed by atoms with Crippen LogP contribution in [0.15, 0.2) is 65.8 Å². The Morgan fingerprint density at radius 3 is 2.80 bits per heavy atom. The van der Waals surface area contributed by atoms with Gasteiger partial charge < -0.3 is 5.32 Å². The summed E-state index contributed by atoms with van der Waals surface area (Å²) < 4.78 is 1.46. The number of carbonyl (C=O) groups excluding carboxylic acids is 1. The summed E-state index contributed by atoms with van der Waals surface area (Å²) in [7, 11) is 0. The number of benzene rings is 1. The zero-order valence-corrected chi connectivity index (χ0v) is 17.1. The second kappa shape index (κ2) is 8.45. The third-order valence-electron chi connectivity index (χ3n) is 5.21. The average molecular weight is 400 g/mol. The highest BCUT2D eigenvalue weighted by atomic mass is 16.1. The molecule has 0 aliphatic heterocycles. The Morgan fingerprint density at radius 2 is 2.03 bits per heavy atom. The number of aryl methyl sites for hydroxylation is 1. The van der Waals surface area contributed by atoms with E-state index < -0.39 is 0 Å². The van der Waals surface area contributed by atoms with E-state index in [4.69, 9.17) is 0 Å². The first-order chi connectivity index (χ1) is 14.5. The molecule has 1 amide bonds. The van der Waals surface area contributed by atoms with Gasteiger partial charge in [0.15, 0.2) is 0 Å². The molecule has 3 heterocycles. The largest absolute Gasteiger partial charge is 0.352 e. The van der Waals surface area contributed by atoms with Gasteiger partial charge in [-0.15, -0.1) is 0 Å². The van der Waals surface area contributed by atoms with Crippen LogP contribution >= 0.6 is 0 Å². The summed E-state index contributed by atoms with van der Waals surface area (Å²) in [6, 6.07) is 13.1. The van der Waals surface area contributed by atoms with Crippen LogP contribution in [0.1, 0.15) is 47.7 Å². The van der Waals surface area contributed by atoms with Gasteiger partial charge in [0.25, 0.3) is 11.5 Å². The van der Waals surface area contributed by atoms with Crippen molar-refractivity contribution >= 4 is 22.5 Å². The van der Waals surface area contributed by atoms with E-state index >= 15 is 0 Å². The third-order valence-corrected chi connectivity index (χ3v) is 5.21. The Balaban J connectivity index is 1.54. The molecule has 1 aromatic carbocycles. The highest BCUT2D eigenvalue weighted by molar-refractivity contribution is 5.94. The van der Waals surface area contributed by atoms with Gasteiger partial charge in [-0.2, -0.15) is 0 Å². The second-order valence-electron chi connectivity index (χ2n) is 7.71. The van der Waals surface area contributed by atoms with Gasteiger partial charge in [0.2, 0.25) is 0 Å². The predicted octanol–water partition coefficient (Wildman–Crippen LogP) is 3.73. The normalized spacial score (nSPS) is 11.3. The number of pyridine rings is 2. The van der Waals surface area contributed by atoms with Gasteiger partial charge in [-0.1, -0.05) is 26.0 Å². The molecule has 0 atom stereocenters. The second-order valence-corrected chi connectivity index (χ2v) is 7.71. The molecular formula is C24H24N4O2. The van der Waals surface area contributed by atoms with Crippen molar-refractivity contribution in [2.24, 2.45) is 0 Å². The highest BCUT2D eigenvalue weighted by Crippen LogP contribution is 2.19. The summed E-state index contributed by atoms with van der Waals surface area (Å²) >= 11 is 0. The maximum absolute atomic E-state index is 13.0. The Hall–Kier alpha value is -3.54. The van der Waals surface area contributed by atoms with Gasteiger partial charge in [-0.3, -0.25) is 19.0 Å². The van der Waals surface area contributed by atoms with E-state index in [-0.39, 0.29) is 11.5 Å². The van der Waals surface area contributed by atoms with Crippen LogP contribution in [0.25, 0.3) is 16.6 Å². The quantitative estimate of drug-likeness (QED) is 0.395. The Morgan fingerprint density at radius 1 is 1.17 bits per heavy atom. The minimum Gasteiger partial charge on any atom is -0.352 e. The molecule has 0 bridgehead atoms. The van der Waals surface area contributed by atoms with Gasteiger partial charge >= 0.3 is 0 Å². The summed E-state index contributed by atoms with van der Waals surface area (Å²) in [5, 5.41) is 3.48. The number of nitrogens with one attached hydrogen (secondary N) is 1. The molecule has 0 aliphatic rings. The summed E-state index contributed by atoms with van der Waals surface area (Å²) in [6.07, 6.45) is 6.81. The standard InChI is InChI=1S/C24H24N4O2/c1-16(2)18-7-9-21-20(13-18)24(30)28-15-19(8-10-22(28)27-21)23(29)26-12-4-6-17-5-3-11-25-14-17/h3,5,7-11,13-16H,4,6,12H2,1-2H3,(H,26,29). The number of rotatable bonds is 6. The monoisotopic (exact) mass is 400 g/mol. The van der Waals surface area contributed by atoms with Gasteiger partial charge in [-0.25, -0.2) is 4.98 Å². The molecule has 0 spiro atoms. The Kier molecular flexibility index (Phi) is 5.57. The molecule has 0 saturated heterocycles. The number of hydrogen-bond donors (Lipinski definition) is 1. The van der Waals surface area contributed by atoms with Crippen molar-refractivity contribution in [2.75, 3.05) is 6.54 Å². The molecule has 6 heteroatoms. The lowest BCUT2D eigenvalue weighted by atomic mass is 10.0. The molecule has 1 N–H and O–H groups in total. The molecule has 4 rings (SSSR count). The molecule has 0 unspecified atom stereocenters. The van der Waals surface area contributed by atoms with Gasteiger partial charge in [0, 0.05) is 25.1 Å². The van der Waals surface area contributed by atoms with Crippen molar-refractivity contribution in [3.05, 3.63) is 88.1 Å². The molecule has 0 aliphatic carbocycles. The zero-order chi connectivity index (χ0) is 21.1. The summed E-state index contributed by atoms with van der Waals surface area (Å²) in [4.78, 5) is 34.3. The smallest absolute Gasteiger partial charge is 0.265 e. The van der Waals surface area contributed by atoms with Crippen LogP contribution in [-0.2, 0) is 6.42 Å². The van der Waals surface area contributed by atoms with Crippen molar-refractivity contribution < 1.29 is 4.79 Å². The molecule has 0 radical (unpaired) electrons. The van der Waals surface area contributed by atoms with E-state index in [1.807, 2.05) is 36.5 Å². The first-order valence-corrected chi connectivity index (χ1v) is 10.2.